The predicted molar refractivity (Wildman–Crippen MR) is 93.4 cm³/mol. The van der Waals surface area contributed by atoms with Crippen molar-refractivity contribution < 1.29 is 0 Å². The number of hydrogen-bond donors (Lipinski definition) is 0. The van der Waals surface area contributed by atoms with Crippen LogP contribution < -0.4 is 0 Å². The molecule has 0 spiro atoms. The van der Waals surface area contributed by atoms with E-state index in [1.807, 2.05) is 17.1 Å². The van der Waals surface area contributed by atoms with Gasteiger partial charge in [0.2, 0.25) is 0 Å². The van der Waals surface area contributed by atoms with E-state index in [1.54, 1.807) is 0 Å². The maximum atomic E-state index is 4.90. The second-order valence-corrected chi connectivity index (χ2v) is 7.49. The van der Waals surface area contributed by atoms with Crippen LogP contribution in [0, 0.1) is 0 Å². The van der Waals surface area contributed by atoms with Crippen molar-refractivity contribution in [3.05, 3.63) is 59.4 Å². The van der Waals surface area contributed by atoms with Crippen molar-refractivity contribution in [3.63, 3.8) is 0 Å². The van der Waals surface area contributed by atoms with Gasteiger partial charge in [-0.05, 0) is 37.0 Å². The minimum atomic E-state index is -0.0312. The Balaban J connectivity index is 1.68. The third kappa shape index (κ3) is 2.64. The fourth-order valence-corrected chi connectivity index (χ4v) is 3.29. The molecule has 2 aromatic heterocycles. The third-order valence-electron chi connectivity index (χ3n) is 4.53. The van der Waals surface area contributed by atoms with E-state index in [1.165, 1.54) is 17.7 Å². The van der Waals surface area contributed by atoms with Gasteiger partial charge in [0.25, 0.3) is 0 Å². The number of benzene rings is 1. The highest BCUT2D eigenvalue weighted by Gasteiger charge is 2.24. The molecule has 1 aliphatic carbocycles. The lowest BCUT2D eigenvalue weighted by atomic mass is 9.96. The number of hydrogen-bond acceptors (Lipinski definition) is 3. The molecule has 124 valence electrons. The van der Waals surface area contributed by atoms with Crippen molar-refractivity contribution in [3.8, 4) is 5.69 Å². The molecule has 1 aliphatic rings. The minimum absolute atomic E-state index is 0.0312. The molecule has 0 unspecified atom stereocenters. The van der Waals surface area contributed by atoms with Gasteiger partial charge in [-0.3, -0.25) is 0 Å². The normalized spacial score (nSPS) is 14.1. The number of nitrogens with zero attached hydrogens (tertiary/aromatic N) is 5. The molecule has 5 heteroatoms. The van der Waals surface area contributed by atoms with Crippen LogP contribution in [0.2, 0.25) is 0 Å². The number of rotatable bonds is 3. The van der Waals surface area contributed by atoms with Crippen molar-refractivity contribution in [1.29, 1.82) is 0 Å². The van der Waals surface area contributed by atoms with Crippen molar-refractivity contribution in [2.45, 2.75) is 52.0 Å². The minimum Gasteiger partial charge on any atom is -0.247 e. The topological polar surface area (TPSA) is 48.5 Å². The van der Waals surface area contributed by atoms with Gasteiger partial charge in [-0.1, -0.05) is 39.0 Å². The van der Waals surface area contributed by atoms with E-state index in [0.29, 0.717) is 6.54 Å². The van der Waals surface area contributed by atoms with Crippen LogP contribution in [0.4, 0.5) is 0 Å². The van der Waals surface area contributed by atoms with E-state index in [-0.39, 0.29) is 5.41 Å². The number of aromatic nitrogens is 5. The van der Waals surface area contributed by atoms with Gasteiger partial charge in [0.05, 0.1) is 17.9 Å². The number of fused-ring (bicyclic) bond motifs is 1. The van der Waals surface area contributed by atoms with Gasteiger partial charge in [0.1, 0.15) is 6.33 Å². The molecule has 0 amide bonds. The SMILES string of the molecule is CC(C)(C)c1ncn(Cc2nn(-c3ccccc3)c3c2CCC3)n1. The molecule has 24 heavy (non-hydrogen) atoms. The fourth-order valence-electron chi connectivity index (χ4n) is 3.29. The molecule has 0 N–H and O–H groups in total. The van der Waals surface area contributed by atoms with Crippen LogP contribution in [0.1, 0.15) is 50.0 Å². The Morgan fingerprint density at radius 3 is 2.54 bits per heavy atom. The predicted octanol–water partition coefficient (Wildman–Crippen LogP) is 3.30. The van der Waals surface area contributed by atoms with Crippen LogP contribution in [0.3, 0.4) is 0 Å². The highest BCUT2D eigenvalue weighted by molar-refractivity contribution is 5.39. The third-order valence-corrected chi connectivity index (χ3v) is 4.53. The molecule has 0 fully saturated rings. The summed E-state index contributed by atoms with van der Waals surface area (Å²) in [5.74, 6) is 0.877. The Kier molecular flexibility index (Phi) is 3.52. The van der Waals surface area contributed by atoms with Crippen LogP contribution in [-0.2, 0) is 24.8 Å². The van der Waals surface area contributed by atoms with Crippen LogP contribution >= 0.6 is 0 Å². The zero-order valence-electron chi connectivity index (χ0n) is 14.5. The van der Waals surface area contributed by atoms with Gasteiger partial charge in [0, 0.05) is 11.1 Å². The van der Waals surface area contributed by atoms with Crippen molar-refractivity contribution in [2.75, 3.05) is 0 Å². The molecule has 2 heterocycles. The second-order valence-electron chi connectivity index (χ2n) is 7.49. The Bertz CT molecular complexity index is 852. The first-order valence-electron chi connectivity index (χ1n) is 8.57. The average Bonchev–Trinajstić information content (AvgIpc) is 3.25. The maximum absolute atomic E-state index is 4.90. The van der Waals surface area contributed by atoms with E-state index in [9.17, 15) is 0 Å². The smallest absolute Gasteiger partial charge is 0.155 e. The Labute approximate surface area is 142 Å². The Morgan fingerprint density at radius 2 is 1.83 bits per heavy atom. The summed E-state index contributed by atoms with van der Waals surface area (Å²) in [6.45, 7) is 7.09. The highest BCUT2D eigenvalue weighted by Crippen LogP contribution is 2.28. The van der Waals surface area contributed by atoms with E-state index in [2.05, 4.69) is 59.8 Å². The molecule has 5 nitrogen and oxygen atoms in total. The molecule has 0 radical (unpaired) electrons. The van der Waals surface area contributed by atoms with Gasteiger partial charge in [0.15, 0.2) is 5.82 Å². The zero-order valence-corrected chi connectivity index (χ0v) is 14.5. The number of para-hydroxylation sites is 1. The van der Waals surface area contributed by atoms with Crippen LogP contribution in [0.5, 0.6) is 0 Å². The molecule has 0 saturated heterocycles. The first kappa shape index (κ1) is 15.1. The summed E-state index contributed by atoms with van der Waals surface area (Å²) in [5, 5.41) is 9.54. The molecule has 0 atom stereocenters. The summed E-state index contributed by atoms with van der Waals surface area (Å²) < 4.78 is 4.02. The monoisotopic (exact) mass is 321 g/mol. The van der Waals surface area contributed by atoms with Gasteiger partial charge in [-0.15, -0.1) is 0 Å². The summed E-state index contributed by atoms with van der Waals surface area (Å²) in [6.07, 6.45) is 5.24. The summed E-state index contributed by atoms with van der Waals surface area (Å²) in [6, 6.07) is 10.4. The van der Waals surface area contributed by atoms with E-state index in [0.717, 1.165) is 30.0 Å². The first-order chi connectivity index (χ1) is 11.5. The van der Waals surface area contributed by atoms with Gasteiger partial charge < -0.3 is 0 Å². The quantitative estimate of drug-likeness (QED) is 0.743. The first-order valence-corrected chi connectivity index (χ1v) is 8.57. The molecular weight excluding hydrogens is 298 g/mol. The van der Waals surface area contributed by atoms with E-state index < -0.39 is 0 Å². The molecule has 1 aromatic carbocycles. The van der Waals surface area contributed by atoms with Gasteiger partial charge >= 0.3 is 0 Å². The van der Waals surface area contributed by atoms with Crippen LogP contribution in [-0.4, -0.2) is 24.5 Å². The summed E-state index contributed by atoms with van der Waals surface area (Å²) in [4.78, 5) is 4.46. The molecule has 4 rings (SSSR count). The Hall–Kier alpha value is -2.43. The summed E-state index contributed by atoms with van der Waals surface area (Å²) in [7, 11) is 0. The largest absolute Gasteiger partial charge is 0.247 e. The Morgan fingerprint density at radius 1 is 1.04 bits per heavy atom. The lowest BCUT2D eigenvalue weighted by Crippen LogP contribution is -2.14. The van der Waals surface area contributed by atoms with E-state index in [4.69, 9.17) is 5.10 Å². The average molecular weight is 321 g/mol. The van der Waals surface area contributed by atoms with Gasteiger partial charge in [-0.2, -0.15) is 10.2 Å². The van der Waals surface area contributed by atoms with E-state index >= 15 is 0 Å². The molecule has 0 bridgehead atoms. The van der Waals surface area contributed by atoms with Crippen LogP contribution in [0.15, 0.2) is 36.7 Å². The lowest BCUT2D eigenvalue weighted by Gasteiger charge is -2.12. The fraction of sp³-hybridized carbons (Fsp3) is 0.421. The van der Waals surface area contributed by atoms with Gasteiger partial charge in [-0.25, -0.2) is 14.3 Å². The lowest BCUT2D eigenvalue weighted by molar-refractivity contribution is 0.531. The van der Waals surface area contributed by atoms with Crippen molar-refractivity contribution >= 4 is 0 Å². The summed E-state index contributed by atoms with van der Waals surface area (Å²) >= 11 is 0. The molecular formula is C19H23N5. The molecule has 0 aliphatic heterocycles. The van der Waals surface area contributed by atoms with Crippen LogP contribution in [0.25, 0.3) is 5.69 Å². The maximum Gasteiger partial charge on any atom is 0.155 e. The second kappa shape index (κ2) is 5.58. The van der Waals surface area contributed by atoms with Crippen molar-refractivity contribution in [1.82, 2.24) is 24.5 Å². The standard InChI is InChI=1S/C19H23N5/c1-19(2,3)18-20-13-23(22-18)12-16-15-10-7-11-17(15)24(21-16)14-8-5-4-6-9-14/h4-6,8-9,13H,7,10-12H2,1-3H3. The summed E-state index contributed by atoms with van der Waals surface area (Å²) in [5.41, 5.74) is 4.97. The zero-order chi connectivity index (χ0) is 16.7. The highest BCUT2D eigenvalue weighted by atomic mass is 15.4. The molecule has 0 saturated carbocycles. The molecule has 3 aromatic rings. The van der Waals surface area contributed by atoms with Crippen molar-refractivity contribution in [2.24, 2.45) is 0 Å².